The predicted molar refractivity (Wildman–Crippen MR) is 181 cm³/mol. The van der Waals surface area contributed by atoms with Gasteiger partial charge < -0.3 is 49.6 Å². The van der Waals surface area contributed by atoms with Gasteiger partial charge in [0.15, 0.2) is 16.9 Å². The Hall–Kier alpha value is -3.84. The van der Waals surface area contributed by atoms with E-state index >= 15 is 0 Å². The number of phenols is 4. The van der Waals surface area contributed by atoms with Gasteiger partial charge in [-0.15, -0.1) is 0 Å². The monoisotopic (exact) mass is 686 g/mol. The summed E-state index contributed by atoms with van der Waals surface area (Å²) in [5.41, 5.74) is -1.19. The third-order valence-corrected chi connectivity index (χ3v) is 9.16. The molecule has 0 unspecified atom stereocenters. The molecule has 0 saturated carbocycles. The van der Waals surface area contributed by atoms with E-state index in [4.69, 9.17) is 13.9 Å². The molecule has 3 aromatic rings. The summed E-state index contributed by atoms with van der Waals surface area (Å²) in [5.74, 6) is -2.81. The zero-order chi connectivity index (χ0) is 35.5. The van der Waals surface area contributed by atoms with Crippen LogP contribution < -0.4 is 5.43 Å². The largest absolute Gasteiger partial charge is 0.507 e. The molecule has 12 nitrogen and oxygen atoms in total. The number of aliphatic hydroxyl groups is 3. The minimum Gasteiger partial charge on any atom is -0.507 e. The fourth-order valence-corrected chi connectivity index (χ4v) is 6.27. The van der Waals surface area contributed by atoms with E-state index in [-0.39, 0.29) is 34.5 Å². The van der Waals surface area contributed by atoms with E-state index in [1.54, 1.807) is 0 Å². The minimum absolute atomic E-state index is 0.0347. The van der Waals surface area contributed by atoms with Crippen LogP contribution in [0.15, 0.2) is 39.5 Å². The quantitative estimate of drug-likeness (QED) is 0.0479. The first-order valence-corrected chi connectivity index (χ1v) is 17.4. The van der Waals surface area contributed by atoms with Crippen molar-refractivity contribution in [3.05, 3.63) is 46.1 Å². The average molecular weight is 687 g/mol. The molecule has 5 atom stereocenters. The van der Waals surface area contributed by atoms with Gasteiger partial charge in [0.05, 0.1) is 5.56 Å². The molecule has 2 aromatic carbocycles. The van der Waals surface area contributed by atoms with Crippen LogP contribution in [0.4, 0.5) is 0 Å². The normalized spacial score (nSPS) is 20.9. The van der Waals surface area contributed by atoms with Crippen LogP contribution in [-0.4, -0.2) is 72.7 Å². The van der Waals surface area contributed by atoms with Crippen molar-refractivity contribution >= 4 is 16.9 Å². The molecule has 7 N–H and O–H groups in total. The van der Waals surface area contributed by atoms with Crippen molar-refractivity contribution in [3.8, 4) is 34.3 Å². The van der Waals surface area contributed by atoms with Gasteiger partial charge in [-0.05, 0) is 24.6 Å². The smallest absolute Gasteiger partial charge is 0.305 e. The molecule has 49 heavy (non-hydrogen) atoms. The summed E-state index contributed by atoms with van der Waals surface area (Å²) in [6.45, 7) is 1.76. The van der Waals surface area contributed by atoms with Crippen molar-refractivity contribution in [2.24, 2.45) is 0 Å². The van der Waals surface area contributed by atoms with Gasteiger partial charge in [0.2, 0.25) is 0 Å². The lowest BCUT2D eigenvalue weighted by atomic mass is 9.89. The number of unbranched alkanes of at least 4 members (excludes halogenated alkanes) is 12. The SMILES string of the molecule is CCCCCCCCCCCCCCCC(=O)OC[C@H]1O[C@@H](c2c(O)cc3oc(-c4ccc(O)c(O)c4)cc(=O)c3c2O)[C@H](O)[C@@H](O)[C@@H]1O. The molecule has 270 valence electrons. The second-order valence-electron chi connectivity index (χ2n) is 13.0. The van der Waals surface area contributed by atoms with E-state index in [1.165, 1.54) is 76.0 Å². The lowest BCUT2D eigenvalue weighted by molar-refractivity contribution is -0.235. The van der Waals surface area contributed by atoms with Gasteiger partial charge in [-0.1, -0.05) is 84.0 Å². The highest BCUT2D eigenvalue weighted by Gasteiger charge is 2.46. The summed E-state index contributed by atoms with van der Waals surface area (Å²) in [4.78, 5) is 25.5. The van der Waals surface area contributed by atoms with E-state index in [2.05, 4.69) is 6.92 Å². The van der Waals surface area contributed by atoms with Gasteiger partial charge >= 0.3 is 5.97 Å². The molecule has 0 aliphatic carbocycles. The number of hydrogen-bond acceptors (Lipinski definition) is 12. The summed E-state index contributed by atoms with van der Waals surface area (Å²) in [7, 11) is 0. The van der Waals surface area contributed by atoms with E-state index in [9.17, 15) is 45.3 Å². The second-order valence-corrected chi connectivity index (χ2v) is 13.0. The van der Waals surface area contributed by atoms with Gasteiger partial charge in [0, 0.05) is 24.1 Å². The number of hydrogen-bond donors (Lipinski definition) is 7. The highest BCUT2D eigenvalue weighted by atomic mass is 16.6. The maximum atomic E-state index is 13.1. The van der Waals surface area contributed by atoms with Crippen molar-refractivity contribution < 1.29 is 54.4 Å². The fourth-order valence-electron chi connectivity index (χ4n) is 6.27. The third kappa shape index (κ3) is 9.87. The molecule has 0 amide bonds. The van der Waals surface area contributed by atoms with Gasteiger partial charge in [-0.2, -0.15) is 0 Å². The minimum atomic E-state index is -1.84. The summed E-state index contributed by atoms with van der Waals surface area (Å²) in [6, 6.07) is 5.80. The first kappa shape index (κ1) is 38.0. The molecule has 0 spiro atoms. The molecule has 4 rings (SSSR count). The van der Waals surface area contributed by atoms with E-state index in [0.29, 0.717) is 6.42 Å². The fraction of sp³-hybridized carbons (Fsp3) is 0.568. The highest BCUT2D eigenvalue weighted by Crippen LogP contribution is 2.45. The zero-order valence-electron chi connectivity index (χ0n) is 28.1. The summed E-state index contributed by atoms with van der Waals surface area (Å²) in [6.07, 6.45) is 7.15. The Balaban J connectivity index is 1.31. The van der Waals surface area contributed by atoms with Crippen LogP contribution in [0.2, 0.25) is 0 Å². The third-order valence-electron chi connectivity index (χ3n) is 9.16. The summed E-state index contributed by atoms with van der Waals surface area (Å²) in [5, 5.41) is 73.0. The zero-order valence-corrected chi connectivity index (χ0v) is 28.1. The maximum Gasteiger partial charge on any atom is 0.305 e. The first-order valence-electron chi connectivity index (χ1n) is 17.4. The van der Waals surface area contributed by atoms with Crippen LogP contribution in [-0.2, 0) is 14.3 Å². The second kappa shape index (κ2) is 18.2. The number of phenolic OH excluding ortho intramolecular Hbond substituents is 4. The molecular formula is C37H50O12. The van der Waals surface area contributed by atoms with Gasteiger partial charge in [0.25, 0.3) is 0 Å². The van der Waals surface area contributed by atoms with Crippen molar-refractivity contribution in [3.63, 3.8) is 0 Å². The number of fused-ring (bicyclic) bond motifs is 1. The van der Waals surface area contributed by atoms with Gasteiger partial charge in [-0.3, -0.25) is 9.59 Å². The number of benzene rings is 2. The molecule has 1 aliphatic heterocycles. The van der Waals surface area contributed by atoms with Crippen LogP contribution >= 0.6 is 0 Å². The van der Waals surface area contributed by atoms with Gasteiger partial charge in [0.1, 0.15) is 65.4 Å². The Morgan fingerprint density at radius 1 is 0.735 bits per heavy atom. The average Bonchev–Trinajstić information content (AvgIpc) is 3.07. The Labute approximate surface area is 285 Å². The molecule has 1 aliphatic rings. The Kier molecular flexibility index (Phi) is 14.1. The number of aliphatic hydroxyl groups excluding tert-OH is 3. The van der Waals surface area contributed by atoms with Crippen molar-refractivity contribution in [2.75, 3.05) is 6.61 Å². The lowest BCUT2D eigenvalue weighted by Crippen LogP contribution is -2.55. The Bertz CT molecular complexity index is 1580. The summed E-state index contributed by atoms with van der Waals surface area (Å²) < 4.78 is 16.8. The van der Waals surface area contributed by atoms with Crippen molar-refractivity contribution in [2.45, 2.75) is 127 Å². The van der Waals surface area contributed by atoms with Crippen LogP contribution in [0, 0.1) is 0 Å². The topological polar surface area (TPSA) is 207 Å². The Morgan fingerprint density at radius 2 is 1.35 bits per heavy atom. The molecule has 0 radical (unpaired) electrons. The molecule has 2 heterocycles. The standard InChI is InChI=1S/C37H50O12/c1-2-3-4-5-6-7-8-9-10-11-12-13-14-15-30(42)47-21-29-33(43)35(45)36(46)37(49-29)32-26(41)20-28-31(34(32)44)25(40)19-27(48-28)22-16-17-23(38)24(39)18-22/h16-20,29,33,35-39,41,43-46H,2-15,21H2,1H3/t29-,33-,35+,36-,37+/m1/s1. The number of ether oxygens (including phenoxy) is 2. The Morgan fingerprint density at radius 3 is 1.96 bits per heavy atom. The predicted octanol–water partition coefficient (Wildman–Crippen LogP) is 5.83. The van der Waals surface area contributed by atoms with Crippen molar-refractivity contribution in [1.82, 2.24) is 0 Å². The molecule has 1 aromatic heterocycles. The molecule has 1 fully saturated rings. The number of esters is 1. The van der Waals surface area contributed by atoms with E-state index < -0.39 is 71.3 Å². The molecular weight excluding hydrogens is 636 g/mol. The highest BCUT2D eigenvalue weighted by molar-refractivity contribution is 5.88. The van der Waals surface area contributed by atoms with Crippen LogP contribution in [0.25, 0.3) is 22.3 Å². The summed E-state index contributed by atoms with van der Waals surface area (Å²) >= 11 is 0. The lowest BCUT2D eigenvalue weighted by Gasteiger charge is -2.40. The van der Waals surface area contributed by atoms with Crippen LogP contribution in [0.3, 0.4) is 0 Å². The molecule has 0 bridgehead atoms. The maximum absolute atomic E-state index is 13.1. The number of aromatic hydroxyl groups is 4. The first-order chi connectivity index (χ1) is 23.5. The number of carbonyl (C=O) groups is 1. The van der Waals surface area contributed by atoms with Gasteiger partial charge in [-0.25, -0.2) is 0 Å². The van der Waals surface area contributed by atoms with Crippen LogP contribution in [0.5, 0.6) is 23.0 Å². The van der Waals surface area contributed by atoms with E-state index in [0.717, 1.165) is 31.4 Å². The van der Waals surface area contributed by atoms with E-state index in [1.807, 2.05) is 0 Å². The van der Waals surface area contributed by atoms with Crippen molar-refractivity contribution in [1.29, 1.82) is 0 Å². The molecule has 1 saturated heterocycles. The number of carbonyl (C=O) groups excluding carboxylic acids is 1. The van der Waals surface area contributed by atoms with Crippen LogP contribution in [0.1, 0.15) is 108 Å². The number of rotatable bonds is 18. The molecule has 12 heteroatoms.